The van der Waals surface area contributed by atoms with E-state index in [1.807, 2.05) is 0 Å². The van der Waals surface area contributed by atoms with Crippen LogP contribution in [0.15, 0.2) is 0 Å². The lowest BCUT2D eigenvalue weighted by Gasteiger charge is -2.31. The first-order valence-corrected chi connectivity index (χ1v) is 9.05. The lowest BCUT2D eigenvalue weighted by molar-refractivity contribution is -0.123. The van der Waals surface area contributed by atoms with Gasteiger partial charge in [0.2, 0.25) is 15.9 Å². The summed E-state index contributed by atoms with van der Waals surface area (Å²) in [6, 6.07) is -0.411. The second kappa shape index (κ2) is 7.95. The van der Waals surface area contributed by atoms with Gasteiger partial charge in [0.25, 0.3) is 0 Å². The van der Waals surface area contributed by atoms with Crippen LogP contribution in [0.25, 0.3) is 0 Å². The zero-order valence-electron chi connectivity index (χ0n) is 12.5. The van der Waals surface area contributed by atoms with Gasteiger partial charge in [-0.3, -0.25) is 4.79 Å². The number of rotatable bonds is 7. The number of nitrogens with one attached hydrogen (secondary N) is 1. The third-order valence-corrected chi connectivity index (χ3v) is 5.65. The van der Waals surface area contributed by atoms with E-state index in [-0.39, 0.29) is 17.7 Å². The fraction of sp³-hybridized carbons (Fsp3) is 0.923. The number of piperidine rings is 1. The van der Waals surface area contributed by atoms with Crippen LogP contribution in [0.5, 0.6) is 0 Å². The Morgan fingerprint density at radius 1 is 1.35 bits per heavy atom. The lowest BCUT2D eigenvalue weighted by Crippen LogP contribution is -2.50. The Balaban J connectivity index is 2.37. The summed E-state index contributed by atoms with van der Waals surface area (Å²) < 4.78 is 25.0. The normalized spacial score (nSPS) is 19.8. The lowest BCUT2D eigenvalue weighted by atomic mass is 10.0. The monoisotopic (exact) mass is 305 g/mol. The van der Waals surface area contributed by atoms with E-state index in [0.717, 1.165) is 12.8 Å². The van der Waals surface area contributed by atoms with Crippen LogP contribution in [-0.2, 0) is 14.8 Å². The van der Waals surface area contributed by atoms with Crippen molar-refractivity contribution in [1.29, 1.82) is 0 Å². The highest BCUT2D eigenvalue weighted by Crippen LogP contribution is 2.14. The Hall–Kier alpha value is -0.660. The fourth-order valence-corrected chi connectivity index (χ4v) is 3.46. The summed E-state index contributed by atoms with van der Waals surface area (Å²) in [5, 5.41) is 2.93. The van der Waals surface area contributed by atoms with Gasteiger partial charge in [0.05, 0.1) is 11.8 Å². The molecule has 1 heterocycles. The minimum absolute atomic E-state index is 0.0403. The van der Waals surface area contributed by atoms with Gasteiger partial charge in [-0.25, -0.2) is 12.7 Å². The van der Waals surface area contributed by atoms with Gasteiger partial charge < -0.3 is 11.1 Å². The van der Waals surface area contributed by atoms with Gasteiger partial charge in [-0.1, -0.05) is 19.8 Å². The van der Waals surface area contributed by atoms with Gasteiger partial charge in [-0.2, -0.15) is 0 Å². The molecule has 0 aromatic heterocycles. The van der Waals surface area contributed by atoms with Crippen LogP contribution in [0.1, 0.15) is 46.0 Å². The highest BCUT2D eigenvalue weighted by atomic mass is 32.2. The smallest absolute Gasteiger partial charge is 0.237 e. The third kappa shape index (κ3) is 5.03. The number of sulfonamides is 1. The molecule has 1 saturated heterocycles. The molecular formula is C13H27N3O3S. The van der Waals surface area contributed by atoms with Crippen LogP contribution in [0.4, 0.5) is 0 Å². The van der Waals surface area contributed by atoms with E-state index in [0.29, 0.717) is 32.4 Å². The first-order valence-electron chi connectivity index (χ1n) is 7.44. The highest BCUT2D eigenvalue weighted by molar-refractivity contribution is 7.89. The van der Waals surface area contributed by atoms with Crippen molar-refractivity contribution in [1.82, 2.24) is 9.62 Å². The van der Waals surface area contributed by atoms with E-state index in [1.54, 1.807) is 6.92 Å². The van der Waals surface area contributed by atoms with Crippen LogP contribution >= 0.6 is 0 Å². The molecule has 1 atom stereocenters. The van der Waals surface area contributed by atoms with Crippen molar-refractivity contribution >= 4 is 15.9 Å². The predicted octanol–water partition coefficient (Wildman–Crippen LogP) is 0.434. The molecule has 20 heavy (non-hydrogen) atoms. The van der Waals surface area contributed by atoms with Crippen molar-refractivity contribution in [2.75, 3.05) is 18.8 Å². The quantitative estimate of drug-likeness (QED) is 0.713. The van der Waals surface area contributed by atoms with Crippen LogP contribution < -0.4 is 11.1 Å². The van der Waals surface area contributed by atoms with E-state index >= 15 is 0 Å². The Morgan fingerprint density at radius 3 is 2.45 bits per heavy atom. The van der Waals surface area contributed by atoms with Crippen LogP contribution in [-0.4, -0.2) is 49.6 Å². The van der Waals surface area contributed by atoms with Crippen LogP contribution in [0, 0.1) is 0 Å². The van der Waals surface area contributed by atoms with E-state index in [1.165, 1.54) is 4.31 Å². The molecule has 1 unspecified atom stereocenters. The van der Waals surface area contributed by atoms with Gasteiger partial charge in [-0.05, 0) is 26.2 Å². The molecule has 7 heteroatoms. The maximum absolute atomic E-state index is 11.9. The number of hydrogen-bond acceptors (Lipinski definition) is 4. The van der Waals surface area contributed by atoms with Crippen molar-refractivity contribution < 1.29 is 13.2 Å². The number of unbranched alkanes of at least 4 members (excludes halogenated alkanes) is 1. The van der Waals surface area contributed by atoms with Crippen LogP contribution in [0.2, 0.25) is 0 Å². The molecule has 0 aromatic carbocycles. The molecule has 0 aliphatic carbocycles. The molecule has 1 aliphatic rings. The molecule has 0 spiro atoms. The minimum Gasteiger partial charge on any atom is -0.352 e. The number of amides is 1. The SMILES string of the molecule is CCCCC(N)C(=O)NC1CCN(S(=O)(=O)CC)CC1. The molecular weight excluding hydrogens is 278 g/mol. The number of nitrogens with two attached hydrogens (primary N) is 1. The number of carbonyl (C=O) groups is 1. The van der Waals surface area contributed by atoms with Gasteiger partial charge in [0, 0.05) is 19.1 Å². The molecule has 0 aromatic rings. The standard InChI is InChI=1S/C13H27N3O3S/c1-3-5-6-12(14)13(17)15-11-7-9-16(10-8-11)20(18,19)4-2/h11-12H,3-10,14H2,1-2H3,(H,15,17). The summed E-state index contributed by atoms with van der Waals surface area (Å²) in [5.41, 5.74) is 5.82. The predicted molar refractivity (Wildman–Crippen MR) is 79.7 cm³/mol. The Morgan fingerprint density at radius 2 is 1.95 bits per heavy atom. The van der Waals surface area contributed by atoms with Crippen molar-refractivity contribution in [3.05, 3.63) is 0 Å². The summed E-state index contributed by atoms with van der Waals surface area (Å²) in [7, 11) is -3.11. The number of hydrogen-bond donors (Lipinski definition) is 2. The summed E-state index contributed by atoms with van der Waals surface area (Å²) in [4.78, 5) is 11.9. The average molecular weight is 305 g/mol. The fourth-order valence-electron chi connectivity index (χ4n) is 2.32. The van der Waals surface area contributed by atoms with E-state index in [2.05, 4.69) is 12.2 Å². The summed E-state index contributed by atoms with van der Waals surface area (Å²) in [5.74, 6) is 0.0154. The number of nitrogens with zero attached hydrogens (tertiary/aromatic N) is 1. The maximum atomic E-state index is 11.9. The van der Waals surface area contributed by atoms with Crippen molar-refractivity contribution in [3.63, 3.8) is 0 Å². The number of carbonyl (C=O) groups excluding carboxylic acids is 1. The van der Waals surface area contributed by atoms with E-state index in [9.17, 15) is 13.2 Å². The third-order valence-electron chi connectivity index (χ3n) is 3.76. The average Bonchev–Trinajstić information content (AvgIpc) is 2.45. The highest BCUT2D eigenvalue weighted by Gasteiger charge is 2.28. The topological polar surface area (TPSA) is 92.5 Å². The van der Waals surface area contributed by atoms with Crippen molar-refractivity contribution in [3.8, 4) is 0 Å². The molecule has 0 saturated carbocycles. The van der Waals surface area contributed by atoms with E-state index in [4.69, 9.17) is 5.73 Å². The van der Waals surface area contributed by atoms with Gasteiger partial charge in [0.15, 0.2) is 0 Å². The van der Waals surface area contributed by atoms with Crippen molar-refractivity contribution in [2.45, 2.75) is 58.0 Å². The molecule has 1 aliphatic heterocycles. The maximum Gasteiger partial charge on any atom is 0.237 e. The van der Waals surface area contributed by atoms with Gasteiger partial charge in [0.1, 0.15) is 0 Å². The summed E-state index contributed by atoms with van der Waals surface area (Å²) in [6.07, 6.45) is 3.98. The molecule has 1 rings (SSSR count). The van der Waals surface area contributed by atoms with Crippen molar-refractivity contribution in [2.24, 2.45) is 5.73 Å². The molecule has 1 fully saturated rings. The largest absolute Gasteiger partial charge is 0.352 e. The van der Waals surface area contributed by atoms with E-state index < -0.39 is 16.1 Å². The second-order valence-corrected chi connectivity index (χ2v) is 7.59. The van der Waals surface area contributed by atoms with Crippen LogP contribution in [0.3, 0.4) is 0 Å². The molecule has 0 radical (unpaired) electrons. The molecule has 118 valence electrons. The minimum atomic E-state index is -3.11. The first-order chi connectivity index (χ1) is 9.40. The summed E-state index contributed by atoms with van der Waals surface area (Å²) in [6.45, 7) is 4.67. The molecule has 1 amide bonds. The second-order valence-electron chi connectivity index (χ2n) is 5.33. The van der Waals surface area contributed by atoms with Gasteiger partial charge in [-0.15, -0.1) is 0 Å². The summed E-state index contributed by atoms with van der Waals surface area (Å²) >= 11 is 0. The first kappa shape index (κ1) is 17.4. The molecule has 6 nitrogen and oxygen atoms in total. The zero-order chi connectivity index (χ0) is 15.2. The molecule has 0 bridgehead atoms. The molecule has 3 N–H and O–H groups in total. The van der Waals surface area contributed by atoms with Gasteiger partial charge >= 0.3 is 0 Å². The Kier molecular flexibility index (Phi) is 6.91. The Labute approximate surface area is 122 Å². The zero-order valence-corrected chi connectivity index (χ0v) is 13.3. The Bertz CT molecular complexity index is 403.